The Morgan fingerprint density at radius 1 is 1.12 bits per heavy atom. The van der Waals surface area contributed by atoms with Gasteiger partial charge in [-0.1, -0.05) is 36.4 Å². The molecule has 1 aliphatic rings. The number of benzene rings is 2. The molecular weight excluding hydrogens is 318 g/mol. The van der Waals surface area contributed by atoms with Gasteiger partial charge in [0.1, 0.15) is 0 Å². The van der Waals surface area contributed by atoms with E-state index in [0.29, 0.717) is 24.3 Å². The van der Waals surface area contributed by atoms with Gasteiger partial charge in [-0.3, -0.25) is 14.4 Å². The zero-order valence-corrected chi connectivity index (χ0v) is 13.6. The predicted octanol–water partition coefficient (Wildman–Crippen LogP) is 1.77. The van der Waals surface area contributed by atoms with Crippen LogP contribution in [0.15, 0.2) is 54.6 Å². The van der Waals surface area contributed by atoms with E-state index < -0.39 is 11.8 Å². The van der Waals surface area contributed by atoms with Crippen LogP contribution in [-0.2, 0) is 16.1 Å². The Hall–Kier alpha value is -3.15. The number of nitrogens with two attached hydrogens (primary N) is 1. The van der Waals surface area contributed by atoms with Gasteiger partial charge in [0.25, 0.3) is 0 Å². The second-order valence-electron chi connectivity index (χ2n) is 6.10. The van der Waals surface area contributed by atoms with Gasteiger partial charge in [-0.05, 0) is 23.8 Å². The number of hydrogen-bond acceptors (Lipinski definition) is 3. The first-order chi connectivity index (χ1) is 12.0. The summed E-state index contributed by atoms with van der Waals surface area (Å²) in [6.07, 6.45) is 0.189. The number of amides is 3. The van der Waals surface area contributed by atoms with Gasteiger partial charge in [-0.2, -0.15) is 0 Å². The molecule has 6 nitrogen and oxygen atoms in total. The van der Waals surface area contributed by atoms with Crippen molar-refractivity contribution in [3.05, 3.63) is 65.7 Å². The third-order valence-electron chi connectivity index (χ3n) is 4.22. The SMILES string of the molecule is NC(=O)c1cccc(NC(=O)[C@H]2CC(=O)N(Cc3ccccc3)C2)c1. The highest BCUT2D eigenvalue weighted by molar-refractivity contribution is 5.99. The predicted molar refractivity (Wildman–Crippen MR) is 93.6 cm³/mol. The van der Waals surface area contributed by atoms with Crippen molar-refractivity contribution in [2.45, 2.75) is 13.0 Å². The van der Waals surface area contributed by atoms with Crippen molar-refractivity contribution in [3.63, 3.8) is 0 Å². The maximum Gasteiger partial charge on any atom is 0.248 e. The normalized spacial score (nSPS) is 16.7. The number of nitrogens with zero attached hydrogens (tertiary/aromatic N) is 1. The summed E-state index contributed by atoms with van der Waals surface area (Å²) in [5.41, 5.74) is 7.10. The lowest BCUT2D eigenvalue weighted by Crippen LogP contribution is -2.28. The lowest BCUT2D eigenvalue weighted by molar-refractivity contribution is -0.128. The number of hydrogen-bond donors (Lipinski definition) is 2. The highest BCUT2D eigenvalue weighted by Crippen LogP contribution is 2.22. The van der Waals surface area contributed by atoms with Crippen LogP contribution in [-0.4, -0.2) is 29.2 Å². The standard InChI is InChI=1S/C19H19N3O3/c20-18(24)14-7-4-8-16(9-14)21-19(25)15-10-17(23)22(12-15)11-13-5-2-1-3-6-13/h1-9,15H,10-12H2,(H2,20,24)(H,21,25)/t15-/m0/s1. The summed E-state index contributed by atoms with van der Waals surface area (Å²) in [5, 5.41) is 2.76. The average Bonchev–Trinajstić information content (AvgIpc) is 2.97. The number of likely N-dealkylation sites (tertiary alicyclic amines) is 1. The third kappa shape index (κ3) is 4.03. The summed E-state index contributed by atoms with van der Waals surface area (Å²) in [4.78, 5) is 37.5. The van der Waals surface area contributed by atoms with Crippen molar-refractivity contribution in [3.8, 4) is 0 Å². The highest BCUT2D eigenvalue weighted by Gasteiger charge is 2.34. The van der Waals surface area contributed by atoms with E-state index >= 15 is 0 Å². The first-order valence-corrected chi connectivity index (χ1v) is 8.05. The van der Waals surface area contributed by atoms with Gasteiger partial charge in [-0.25, -0.2) is 0 Å². The van der Waals surface area contributed by atoms with E-state index in [9.17, 15) is 14.4 Å². The molecule has 1 saturated heterocycles. The van der Waals surface area contributed by atoms with Crippen LogP contribution in [0.2, 0.25) is 0 Å². The first-order valence-electron chi connectivity index (χ1n) is 8.05. The molecule has 3 rings (SSSR count). The molecule has 1 fully saturated rings. The van der Waals surface area contributed by atoms with Gasteiger partial charge in [0.15, 0.2) is 0 Å². The number of carbonyl (C=O) groups excluding carboxylic acids is 3. The summed E-state index contributed by atoms with van der Waals surface area (Å²) in [5.74, 6) is -1.23. The van der Waals surface area contributed by atoms with E-state index in [-0.39, 0.29) is 18.2 Å². The van der Waals surface area contributed by atoms with Gasteiger partial charge in [-0.15, -0.1) is 0 Å². The Labute approximate surface area is 145 Å². The minimum absolute atomic E-state index is 0.0325. The maximum absolute atomic E-state index is 12.4. The molecule has 128 valence electrons. The molecule has 1 heterocycles. The number of nitrogens with one attached hydrogen (secondary N) is 1. The number of carbonyl (C=O) groups is 3. The van der Waals surface area contributed by atoms with Gasteiger partial charge < -0.3 is 16.0 Å². The van der Waals surface area contributed by atoms with Gasteiger partial charge in [0.2, 0.25) is 17.7 Å². The molecule has 0 radical (unpaired) electrons. The van der Waals surface area contributed by atoms with E-state index in [1.807, 2.05) is 30.3 Å². The Morgan fingerprint density at radius 2 is 1.88 bits per heavy atom. The second kappa shape index (κ2) is 7.17. The van der Waals surface area contributed by atoms with Crippen LogP contribution in [0.25, 0.3) is 0 Å². The molecule has 3 amide bonds. The number of rotatable bonds is 5. The average molecular weight is 337 g/mol. The van der Waals surface area contributed by atoms with Crippen LogP contribution in [0.1, 0.15) is 22.3 Å². The Morgan fingerprint density at radius 3 is 2.60 bits per heavy atom. The second-order valence-corrected chi connectivity index (χ2v) is 6.10. The summed E-state index contributed by atoms with van der Waals surface area (Å²) in [6.45, 7) is 0.885. The Balaban J connectivity index is 1.63. The topological polar surface area (TPSA) is 92.5 Å². The molecular formula is C19H19N3O3. The minimum Gasteiger partial charge on any atom is -0.366 e. The van der Waals surface area contributed by atoms with Gasteiger partial charge >= 0.3 is 0 Å². The van der Waals surface area contributed by atoms with Crippen LogP contribution < -0.4 is 11.1 Å². The molecule has 6 heteroatoms. The molecule has 0 aromatic heterocycles. The van der Waals surface area contributed by atoms with Crippen LogP contribution in [0.5, 0.6) is 0 Å². The molecule has 0 spiro atoms. The summed E-state index contributed by atoms with van der Waals surface area (Å²) in [7, 11) is 0. The van der Waals surface area contributed by atoms with Crippen LogP contribution in [0.3, 0.4) is 0 Å². The van der Waals surface area contributed by atoms with Crippen molar-refractivity contribution in [1.29, 1.82) is 0 Å². The number of anilines is 1. The third-order valence-corrected chi connectivity index (χ3v) is 4.22. The van der Waals surface area contributed by atoms with Crippen molar-refractivity contribution < 1.29 is 14.4 Å². The smallest absolute Gasteiger partial charge is 0.248 e. The van der Waals surface area contributed by atoms with Gasteiger partial charge in [0, 0.05) is 30.8 Å². The Bertz CT molecular complexity index is 805. The first kappa shape index (κ1) is 16.7. The summed E-state index contributed by atoms with van der Waals surface area (Å²) in [6, 6.07) is 16.1. The van der Waals surface area contributed by atoms with Crippen LogP contribution in [0.4, 0.5) is 5.69 Å². The van der Waals surface area contributed by atoms with E-state index in [4.69, 9.17) is 5.73 Å². The lowest BCUT2D eigenvalue weighted by Gasteiger charge is -2.16. The fourth-order valence-electron chi connectivity index (χ4n) is 2.90. The highest BCUT2D eigenvalue weighted by atomic mass is 16.2. The summed E-state index contributed by atoms with van der Waals surface area (Å²) < 4.78 is 0. The lowest BCUT2D eigenvalue weighted by atomic mass is 10.1. The van der Waals surface area contributed by atoms with Crippen molar-refractivity contribution in [2.75, 3.05) is 11.9 Å². The van der Waals surface area contributed by atoms with Gasteiger partial charge in [0.05, 0.1) is 5.92 Å². The molecule has 0 aliphatic carbocycles. The van der Waals surface area contributed by atoms with E-state index in [0.717, 1.165) is 5.56 Å². The number of primary amides is 1. The Kier molecular flexibility index (Phi) is 4.79. The molecule has 0 bridgehead atoms. The van der Waals surface area contributed by atoms with Crippen LogP contribution >= 0.6 is 0 Å². The zero-order valence-electron chi connectivity index (χ0n) is 13.6. The largest absolute Gasteiger partial charge is 0.366 e. The summed E-state index contributed by atoms with van der Waals surface area (Å²) >= 11 is 0. The van der Waals surface area contributed by atoms with Crippen LogP contribution in [0, 0.1) is 5.92 Å². The molecule has 0 unspecified atom stereocenters. The zero-order chi connectivity index (χ0) is 17.8. The maximum atomic E-state index is 12.4. The van der Waals surface area contributed by atoms with Crippen molar-refractivity contribution >= 4 is 23.4 Å². The fourth-order valence-corrected chi connectivity index (χ4v) is 2.90. The molecule has 3 N–H and O–H groups in total. The van der Waals surface area contributed by atoms with Crippen molar-refractivity contribution in [2.24, 2.45) is 11.7 Å². The monoisotopic (exact) mass is 337 g/mol. The van der Waals surface area contributed by atoms with Crippen molar-refractivity contribution in [1.82, 2.24) is 4.90 Å². The molecule has 0 saturated carbocycles. The quantitative estimate of drug-likeness (QED) is 0.871. The minimum atomic E-state index is -0.554. The molecule has 1 atom stereocenters. The molecule has 2 aromatic carbocycles. The fraction of sp³-hybridized carbons (Fsp3) is 0.211. The molecule has 2 aromatic rings. The molecule has 25 heavy (non-hydrogen) atoms. The van der Waals surface area contributed by atoms with E-state index in [2.05, 4.69) is 5.32 Å². The molecule has 1 aliphatic heterocycles. The van der Waals surface area contributed by atoms with E-state index in [1.54, 1.807) is 23.1 Å². The van der Waals surface area contributed by atoms with E-state index in [1.165, 1.54) is 6.07 Å².